The van der Waals surface area contributed by atoms with Crippen molar-refractivity contribution in [3.8, 4) is 11.5 Å². The number of carboxylic acids is 2. The predicted molar refractivity (Wildman–Crippen MR) is 312 cm³/mol. The van der Waals surface area contributed by atoms with Crippen molar-refractivity contribution in [1.82, 2.24) is 0 Å². The zero-order valence-corrected chi connectivity index (χ0v) is 66.6. The number of carbonyl (C=O) groups excluding carboxylic acids is 2. The number of anilines is 1. The fourth-order valence-electron chi connectivity index (χ4n) is 11.6. The summed E-state index contributed by atoms with van der Waals surface area (Å²) in [6, 6.07) is 13.9. The molecule has 4 aromatic carbocycles. The molecule has 458 valence electrons. The Kier molecular flexibility index (Phi) is 38.3. The van der Waals surface area contributed by atoms with Crippen molar-refractivity contribution < 1.29 is 237 Å². The van der Waals surface area contributed by atoms with Gasteiger partial charge in [-0.3, -0.25) is 10.1 Å². The third kappa shape index (κ3) is 23.1. The molecule has 2 heterocycles. The fourth-order valence-corrected chi connectivity index (χ4v) is 14.4. The van der Waals surface area contributed by atoms with Crippen molar-refractivity contribution in [2.45, 2.75) is 145 Å². The van der Waals surface area contributed by atoms with Crippen LogP contribution in [0.15, 0.2) is 104 Å². The first-order valence-electron chi connectivity index (χ1n) is 27.8. The Morgan fingerprint density at radius 3 is 1.91 bits per heavy atom. The van der Waals surface area contributed by atoms with E-state index in [9.17, 15) is 56.3 Å². The number of unbranched alkanes of at least 4 members (excludes halogenated alkanes) is 6. The first-order chi connectivity index (χ1) is 40.0. The number of carbonyl (C=O) groups is 2. The van der Waals surface area contributed by atoms with Crippen molar-refractivity contribution in [2.24, 2.45) is 0 Å². The monoisotopic (exact) mass is 1370 g/mol. The molecule has 0 amide bonds. The summed E-state index contributed by atoms with van der Waals surface area (Å²) in [5.74, 6) is -1.54. The number of ether oxygens (including phenoxy) is 2. The number of carboxylic acid groups (broad SMARTS) is 2. The molecule has 0 radical (unpaired) electrons. The zero-order valence-electron chi connectivity index (χ0n) is 52.6. The molecule has 0 saturated heterocycles. The third-order valence-electron chi connectivity index (χ3n) is 15.3. The van der Waals surface area contributed by atoms with Gasteiger partial charge in [-0.15, -0.1) is 11.8 Å². The van der Waals surface area contributed by atoms with Gasteiger partial charge in [0.05, 0.1) is 51.2 Å². The van der Waals surface area contributed by atoms with Crippen LogP contribution in [0, 0.1) is 0 Å². The van der Waals surface area contributed by atoms with Crippen LogP contribution in [-0.2, 0) is 59.4 Å². The molecule has 30 heteroatoms. The van der Waals surface area contributed by atoms with Crippen molar-refractivity contribution >= 4 is 107 Å². The van der Waals surface area contributed by atoms with Crippen LogP contribution in [0.3, 0.4) is 0 Å². The quantitative estimate of drug-likeness (QED) is 0.00798. The third-order valence-corrected chi connectivity index (χ3v) is 19.0. The summed E-state index contributed by atoms with van der Waals surface area (Å²) in [5, 5.41) is 53.5. The van der Waals surface area contributed by atoms with E-state index in [0.717, 1.165) is 104 Å². The number of nitrogens with zero attached hydrogens (tertiary/aromatic N) is 2. The van der Waals surface area contributed by atoms with Crippen LogP contribution in [0.2, 0.25) is 0 Å². The smallest absolute Gasteiger partial charge is 0.748 e. The average Bonchev–Trinajstić information content (AvgIpc) is 1.71. The van der Waals surface area contributed by atoms with Crippen molar-refractivity contribution in [2.75, 3.05) is 49.0 Å². The average molecular weight is 1370 g/mol. The van der Waals surface area contributed by atoms with E-state index in [1.54, 1.807) is 23.9 Å². The second-order valence-corrected chi connectivity index (χ2v) is 27.0. The normalized spacial score (nSPS) is 16.0. The molecule has 0 spiro atoms. The van der Waals surface area contributed by atoms with E-state index in [1.807, 2.05) is 30.5 Å². The van der Waals surface area contributed by atoms with E-state index in [-0.39, 0.29) is 186 Å². The Labute approximate surface area is 645 Å². The summed E-state index contributed by atoms with van der Waals surface area (Å²) in [4.78, 5) is 25.5. The summed E-state index contributed by atoms with van der Waals surface area (Å²) in [6.07, 6.45) is 17.7. The van der Waals surface area contributed by atoms with Gasteiger partial charge < -0.3 is 53.8 Å². The summed E-state index contributed by atoms with van der Waals surface area (Å²) >= 11 is 3.28. The molecule has 0 bridgehead atoms. The van der Waals surface area contributed by atoms with Gasteiger partial charge in [0.1, 0.15) is 28.2 Å². The topological polar surface area (TPSA) is 302 Å². The number of fused-ring (bicyclic) bond motifs is 6. The van der Waals surface area contributed by atoms with Gasteiger partial charge in [-0.1, -0.05) is 32.1 Å². The molecule has 0 aromatic heterocycles. The van der Waals surface area contributed by atoms with Gasteiger partial charge in [0.2, 0.25) is 5.69 Å². The minimum Gasteiger partial charge on any atom is -0.748 e. The molecule has 7 rings (SSSR count). The molecule has 20 nitrogen and oxygen atoms in total. The number of thioether (sulfide) groups is 1. The molecule has 89 heavy (non-hydrogen) atoms. The Balaban J connectivity index is 0.00000540. The number of hydrogen-bond donors (Lipinski definition) is 0. The predicted octanol–water partition coefficient (Wildman–Crippen LogP) is -7.16. The van der Waals surface area contributed by atoms with Crippen LogP contribution in [0.1, 0.15) is 135 Å². The molecule has 3 aliphatic rings. The number of allylic oxidation sites excluding steroid dienone is 7. The van der Waals surface area contributed by atoms with Crippen LogP contribution in [0.5, 0.6) is 11.5 Å². The molecule has 0 atom stereocenters. The largest absolute Gasteiger partial charge is 1.00 e. The van der Waals surface area contributed by atoms with Gasteiger partial charge in [-0.25, -0.2) is 16.8 Å². The maximum atomic E-state index is 12.5. The maximum Gasteiger partial charge on any atom is 1.00 e. The van der Waals surface area contributed by atoms with Crippen LogP contribution >= 0.6 is 35.8 Å². The fraction of sp³-hybridized carbons (Fsp3) is 0.475. The van der Waals surface area contributed by atoms with E-state index in [4.69, 9.17) is 13.8 Å². The van der Waals surface area contributed by atoms with E-state index in [2.05, 4.69) is 75.9 Å². The molecular weight excluding hydrogens is 1300 g/mol. The summed E-state index contributed by atoms with van der Waals surface area (Å²) < 4.78 is 97.0. The van der Waals surface area contributed by atoms with Gasteiger partial charge in [-0.2, -0.15) is 13.2 Å². The van der Waals surface area contributed by atoms with Crippen molar-refractivity contribution in [3.63, 3.8) is 0 Å². The minimum absolute atomic E-state index is 0. The molecule has 0 saturated carbocycles. The second-order valence-electron chi connectivity index (χ2n) is 21.8. The van der Waals surface area contributed by atoms with Crippen molar-refractivity contribution in [1.29, 1.82) is 0 Å². The Morgan fingerprint density at radius 1 is 0.685 bits per heavy atom. The number of rotatable bonds is 34. The molecule has 2 aliphatic heterocycles. The Hall–Kier alpha value is 0.000000000000000888. The van der Waals surface area contributed by atoms with Gasteiger partial charge in [-0.05, 0) is 180 Å². The Bertz CT molecular complexity index is 3470. The SMILES string of the molecule is CSC1=C(/C=C/C2=[N+](CCCCS(=O)(=O)[O-])c3ccc4cc(SOO[O-])cc(OCCCCCC(=O)[O-])c4c3C2(C)C)CCC/C1=C\C=C1\N(CCCCSOO[O-])c2ccc3cc(S(=O)(=O)[O-])cc(OCCCCCC(=O)[O-])c3c2C1(C)C.[Na+].[Na+].[Na+].[Na+].[Na+]. The standard InChI is InChI=1S/C59H74N2O18S5.5Na/c1-58(2)50(61(30-11-15-34-83(68,69)70)45-25-21-41-35-43(82-79-77-67)37-47(53(41)55(45)58)74-31-12-6-8-19-51(62)63)28-24-40-18-16-17-39(57(40)80-5)23-27-49-59(3,4)56-46(60(49)29-10-14-33-81-78-76-66)26-22-42-36-44(84(71,72)73)38-48(54(42)56)75-32-13-7-9-20-52(64)65;;;;;/h21-28,35-38H,6-20,29-34H2,1-5H3,(H5-,62,63,64,65,66,67,68,69,70,71,72,73);;;;;/q;5*+1/p-5. The molecule has 4 aromatic rings. The maximum absolute atomic E-state index is 12.5. The van der Waals surface area contributed by atoms with Crippen LogP contribution in [-0.4, -0.2) is 92.2 Å². The summed E-state index contributed by atoms with van der Waals surface area (Å²) in [5.41, 5.74) is 6.22. The number of aliphatic carboxylic acids is 2. The van der Waals surface area contributed by atoms with E-state index in [1.165, 1.54) is 12.1 Å². The molecular formula is C59H69N2Na5O18S5. The van der Waals surface area contributed by atoms with E-state index < -0.39 is 53.7 Å². The number of hydrogen-bond acceptors (Lipinski definition) is 22. The Morgan fingerprint density at radius 2 is 1.30 bits per heavy atom. The van der Waals surface area contributed by atoms with Gasteiger partial charge in [0, 0.05) is 98.0 Å². The van der Waals surface area contributed by atoms with Crippen LogP contribution < -0.4 is 183 Å². The number of benzene rings is 4. The summed E-state index contributed by atoms with van der Waals surface area (Å²) in [6.45, 7) is 9.77. The first kappa shape index (κ1) is 85.1. The molecule has 1 aliphatic carbocycles. The van der Waals surface area contributed by atoms with Crippen LogP contribution in [0.4, 0.5) is 11.4 Å². The van der Waals surface area contributed by atoms with Gasteiger partial charge in [0.15, 0.2) is 5.71 Å². The van der Waals surface area contributed by atoms with Crippen LogP contribution in [0.25, 0.3) is 21.5 Å². The first-order valence-corrected chi connectivity index (χ1v) is 33.7. The van der Waals surface area contributed by atoms with Gasteiger partial charge in [0.25, 0.3) is 0 Å². The second kappa shape index (κ2) is 40.0. The summed E-state index contributed by atoms with van der Waals surface area (Å²) in [7, 11) is -9.34. The minimum atomic E-state index is -4.89. The zero-order chi connectivity index (χ0) is 60.8. The molecule has 0 fully saturated rings. The van der Waals surface area contributed by atoms with Crippen molar-refractivity contribution in [3.05, 3.63) is 106 Å². The molecule has 0 unspecified atom stereocenters. The molecule has 0 N–H and O–H groups in total. The van der Waals surface area contributed by atoms with E-state index in [0.29, 0.717) is 98.0 Å². The van der Waals surface area contributed by atoms with E-state index >= 15 is 0 Å². The van der Waals surface area contributed by atoms with Gasteiger partial charge >= 0.3 is 148 Å².